The number of ether oxygens (including phenoxy) is 3. The fourth-order valence-electron chi connectivity index (χ4n) is 3.61. The van der Waals surface area contributed by atoms with Gasteiger partial charge in [-0.15, -0.1) is 0 Å². The van der Waals surface area contributed by atoms with Crippen LogP contribution in [-0.4, -0.2) is 25.2 Å². The highest BCUT2D eigenvalue weighted by molar-refractivity contribution is 9.10. The Balaban J connectivity index is 1.84. The van der Waals surface area contributed by atoms with Crippen molar-refractivity contribution >= 4 is 38.8 Å². The van der Waals surface area contributed by atoms with Gasteiger partial charge in [0.05, 0.1) is 17.7 Å². The Bertz CT molecular complexity index is 1300. The zero-order valence-electron chi connectivity index (χ0n) is 18.7. The highest BCUT2D eigenvalue weighted by atomic mass is 79.9. The number of halogens is 1. The van der Waals surface area contributed by atoms with Gasteiger partial charge in [0, 0.05) is 16.5 Å². The third-order valence-corrected chi connectivity index (χ3v) is 5.73. The smallest absolute Gasteiger partial charge is 0.352 e. The number of furan rings is 1. The molecule has 1 aromatic heterocycles. The van der Waals surface area contributed by atoms with Crippen LogP contribution in [0.5, 0.6) is 5.75 Å². The van der Waals surface area contributed by atoms with Crippen LogP contribution in [0.2, 0.25) is 0 Å². The number of carbonyl (C=O) groups excluding carboxylic acids is 2. The third kappa shape index (κ3) is 4.84. The lowest BCUT2D eigenvalue weighted by Crippen LogP contribution is -2.21. The van der Waals surface area contributed by atoms with Crippen molar-refractivity contribution in [3.63, 3.8) is 0 Å². The molecule has 0 aliphatic heterocycles. The normalized spacial score (nSPS) is 11.7. The summed E-state index contributed by atoms with van der Waals surface area (Å²) >= 11 is 3.51. The second kappa shape index (κ2) is 10.6. The Labute approximate surface area is 205 Å². The molecule has 174 valence electrons. The summed E-state index contributed by atoms with van der Waals surface area (Å²) in [5, 5.41) is 0.520. The van der Waals surface area contributed by atoms with Gasteiger partial charge in [0.2, 0.25) is 6.10 Å². The highest BCUT2D eigenvalue weighted by Crippen LogP contribution is 2.40. The Morgan fingerprint density at radius 2 is 1.56 bits per heavy atom. The van der Waals surface area contributed by atoms with E-state index in [0.29, 0.717) is 38.1 Å². The maximum Gasteiger partial charge on any atom is 0.352 e. The third-order valence-electron chi connectivity index (χ3n) is 5.11. The summed E-state index contributed by atoms with van der Waals surface area (Å²) in [5.41, 5.74) is 2.17. The van der Waals surface area contributed by atoms with Gasteiger partial charge in [-0.3, -0.25) is 0 Å². The monoisotopic (exact) mass is 522 g/mol. The number of rotatable bonds is 8. The number of hydrogen-bond acceptors (Lipinski definition) is 6. The van der Waals surface area contributed by atoms with Crippen molar-refractivity contribution < 1.29 is 28.2 Å². The van der Waals surface area contributed by atoms with E-state index in [4.69, 9.17) is 18.6 Å². The van der Waals surface area contributed by atoms with Crippen molar-refractivity contribution in [3.8, 4) is 17.1 Å². The maximum absolute atomic E-state index is 12.9. The predicted octanol–water partition coefficient (Wildman–Crippen LogP) is 6.72. The lowest BCUT2D eigenvalue weighted by atomic mass is 10.1. The Morgan fingerprint density at radius 1 is 0.912 bits per heavy atom. The van der Waals surface area contributed by atoms with Crippen LogP contribution < -0.4 is 4.74 Å². The molecule has 6 nitrogen and oxygen atoms in total. The van der Waals surface area contributed by atoms with Crippen molar-refractivity contribution in [1.82, 2.24) is 0 Å². The zero-order chi connectivity index (χ0) is 24.1. The molecule has 0 saturated carbocycles. The molecule has 34 heavy (non-hydrogen) atoms. The van der Waals surface area contributed by atoms with Crippen LogP contribution in [-0.2, 0) is 14.3 Å². The summed E-state index contributed by atoms with van der Waals surface area (Å²) in [7, 11) is 0. The minimum Gasteiger partial charge on any atom is -0.473 e. The Hall–Kier alpha value is -3.58. The van der Waals surface area contributed by atoms with Crippen LogP contribution in [0.15, 0.2) is 81.7 Å². The molecule has 3 aromatic carbocycles. The van der Waals surface area contributed by atoms with Crippen molar-refractivity contribution in [2.45, 2.75) is 20.0 Å². The molecule has 4 aromatic rings. The molecule has 1 heterocycles. The van der Waals surface area contributed by atoms with Gasteiger partial charge in [-0.2, -0.15) is 0 Å². The molecule has 0 amide bonds. The Morgan fingerprint density at radius 3 is 2.21 bits per heavy atom. The molecule has 0 aliphatic carbocycles. The van der Waals surface area contributed by atoms with Gasteiger partial charge in [0.15, 0.2) is 0 Å². The summed E-state index contributed by atoms with van der Waals surface area (Å²) < 4.78 is 23.4. The molecule has 0 aliphatic rings. The number of carbonyl (C=O) groups is 2. The molecule has 0 fully saturated rings. The van der Waals surface area contributed by atoms with E-state index in [2.05, 4.69) is 15.9 Å². The van der Waals surface area contributed by atoms with E-state index in [9.17, 15) is 9.59 Å². The quantitative estimate of drug-likeness (QED) is 0.239. The number of fused-ring (bicyclic) bond motifs is 1. The molecular formula is C27H23BrO6. The van der Waals surface area contributed by atoms with E-state index in [-0.39, 0.29) is 13.2 Å². The first-order chi connectivity index (χ1) is 16.5. The maximum atomic E-state index is 12.9. The molecule has 1 atom stereocenters. The van der Waals surface area contributed by atoms with Crippen LogP contribution in [0.25, 0.3) is 22.3 Å². The summed E-state index contributed by atoms with van der Waals surface area (Å²) in [6, 6.07) is 21.8. The van der Waals surface area contributed by atoms with Gasteiger partial charge < -0.3 is 18.6 Å². The van der Waals surface area contributed by atoms with E-state index >= 15 is 0 Å². The molecule has 0 saturated heterocycles. The first kappa shape index (κ1) is 23.6. The summed E-state index contributed by atoms with van der Waals surface area (Å²) in [4.78, 5) is 25.7. The standard InChI is InChI=1S/C27H23BrO6/c1-3-31-26(29)23-19-15-22(34-25(27(30)32-4-2)18-13-9-6-10-14-18)20(28)16-21(19)33-24(23)17-11-7-5-8-12-17/h5-16,25H,3-4H2,1-2H3/t25-/m1/s1. The van der Waals surface area contributed by atoms with Crippen molar-refractivity contribution in [3.05, 3.63) is 88.4 Å². The summed E-state index contributed by atoms with van der Waals surface area (Å²) in [6.45, 7) is 3.93. The molecular weight excluding hydrogens is 500 g/mol. The van der Waals surface area contributed by atoms with Gasteiger partial charge >= 0.3 is 11.9 Å². The van der Waals surface area contributed by atoms with Crippen molar-refractivity contribution in [1.29, 1.82) is 0 Å². The molecule has 7 heteroatoms. The lowest BCUT2D eigenvalue weighted by Gasteiger charge is -2.19. The van der Waals surface area contributed by atoms with Gasteiger partial charge in [-0.05, 0) is 41.9 Å². The van der Waals surface area contributed by atoms with E-state index in [0.717, 1.165) is 5.56 Å². The van der Waals surface area contributed by atoms with Gasteiger partial charge in [-0.25, -0.2) is 9.59 Å². The van der Waals surface area contributed by atoms with Crippen LogP contribution >= 0.6 is 15.9 Å². The van der Waals surface area contributed by atoms with E-state index in [1.54, 1.807) is 38.1 Å². The fraction of sp³-hybridized carbons (Fsp3) is 0.185. The van der Waals surface area contributed by atoms with Crippen LogP contribution in [0, 0.1) is 0 Å². The minimum atomic E-state index is -0.985. The van der Waals surface area contributed by atoms with Gasteiger partial charge in [0.25, 0.3) is 0 Å². The molecule has 0 radical (unpaired) electrons. The second-order valence-corrected chi connectivity index (χ2v) is 8.19. The minimum absolute atomic E-state index is 0.221. The molecule has 0 spiro atoms. The molecule has 0 N–H and O–H groups in total. The van der Waals surface area contributed by atoms with E-state index in [1.165, 1.54) is 0 Å². The van der Waals surface area contributed by atoms with Gasteiger partial charge in [0.1, 0.15) is 22.7 Å². The topological polar surface area (TPSA) is 75.0 Å². The molecule has 0 bridgehead atoms. The summed E-state index contributed by atoms with van der Waals surface area (Å²) in [6.07, 6.45) is -0.985. The SMILES string of the molecule is CCOC(=O)c1c(-c2ccccc2)oc2cc(Br)c(O[C@@H](C(=O)OCC)c3ccccc3)cc12. The van der Waals surface area contributed by atoms with E-state index in [1.807, 2.05) is 48.5 Å². The van der Waals surface area contributed by atoms with Crippen LogP contribution in [0.3, 0.4) is 0 Å². The lowest BCUT2D eigenvalue weighted by molar-refractivity contribution is -0.151. The molecule has 4 rings (SSSR count). The number of hydrogen-bond donors (Lipinski definition) is 0. The number of esters is 2. The largest absolute Gasteiger partial charge is 0.473 e. The average Bonchev–Trinajstić information content (AvgIpc) is 3.22. The zero-order valence-corrected chi connectivity index (χ0v) is 20.3. The Kier molecular flexibility index (Phi) is 7.33. The fourth-order valence-corrected chi connectivity index (χ4v) is 4.03. The summed E-state index contributed by atoms with van der Waals surface area (Å²) in [5.74, 6) is -0.245. The van der Waals surface area contributed by atoms with Gasteiger partial charge in [-0.1, -0.05) is 60.7 Å². The van der Waals surface area contributed by atoms with Crippen molar-refractivity contribution in [2.75, 3.05) is 13.2 Å². The average molecular weight is 523 g/mol. The van der Waals surface area contributed by atoms with E-state index < -0.39 is 18.0 Å². The predicted molar refractivity (Wildman–Crippen MR) is 132 cm³/mol. The second-order valence-electron chi connectivity index (χ2n) is 7.33. The first-order valence-corrected chi connectivity index (χ1v) is 11.7. The first-order valence-electron chi connectivity index (χ1n) is 10.9. The highest BCUT2D eigenvalue weighted by Gasteiger charge is 2.28. The number of benzene rings is 3. The van der Waals surface area contributed by atoms with Crippen LogP contribution in [0.1, 0.15) is 35.9 Å². The van der Waals surface area contributed by atoms with Crippen LogP contribution in [0.4, 0.5) is 0 Å². The van der Waals surface area contributed by atoms with Crippen molar-refractivity contribution in [2.24, 2.45) is 0 Å². The molecule has 0 unspecified atom stereocenters.